The van der Waals surface area contributed by atoms with Crippen molar-refractivity contribution in [2.75, 3.05) is 48.8 Å². The Hall–Kier alpha value is -1.59. The number of nitrogens with zero attached hydrogens (tertiary/aromatic N) is 5. The first-order chi connectivity index (χ1) is 9.60. The van der Waals surface area contributed by atoms with E-state index < -0.39 is 0 Å². The lowest BCUT2D eigenvalue weighted by Crippen LogP contribution is -2.34. The molecule has 0 bridgehead atoms. The molecule has 0 radical (unpaired) electrons. The molecule has 0 atom stereocenters. The molecule has 20 heavy (non-hydrogen) atoms. The minimum atomic E-state index is 0.680. The summed E-state index contributed by atoms with van der Waals surface area (Å²) < 4.78 is 0. The number of hydrogen-bond donors (Lipinski definition) is 1. The van der Waals surface area contributed by atoms with Gasteiger partial charge >= 0.3 is 0 Å². The first-order valence-corrected chi connectivity index (χ1v) is 7.52. The molecule has 1 aromatic heterocycles. The molecule has 1 fully saturated rings. The molecule has 1 aromatic rings. The Balaban J connectivity index is 2.19. The van der Waals surface area contributed by atoms with E-state index in [1.54, 1.807) is 0 Å². The van der Waals surface area contributed by atoms with Gasteiger partial charge in [0.2, 0.25) is 17.8 Å². The van der Waals surface area contributed by atoms with Gasteiger partial charge < -0.3 is 15.1 Å². The fourth-order valence-corrected chi connectivity index (χ4v) is 2.22. The molecule has 0 amide bonds. The molecule has 2 rings (SSSR count). The number of anilines is 3. The van der Waals surface area contributed by atoms with Crippen molar-refractivity contribution in [2.24, 2.45) is 5.92 Å². The Kier molecular flexibility index (Phi) is 4.98. The molecule has 1 aliphatic rings. The van der Waals surface area contributed by atoms with E-state index in [2.05, 4.69) is 39.0 Å². The Morgan fingerprint density at radius 1 is 1.20 bits per heavy atom. The van der Waals surface area contributed by atoms with Crippen LogP contribution in [0.25, 0.3) is 0 Å². The second-order valence-electron chi connectivity index (χ2n) is 5.75. The summed E-state index contributed by atoms with van der Waals surface area (Å²) in [5, 5.41) is 3.26. The third-order valence-electron chi connectivity index (χ3n) is 3.61. The summed E-state index contributed by atoms with van der Waals surface area (Å²) in [7, 11) is 3.92. The summed E-state index contributed by atoms with van der Waals surface area (Å²) >= 11 is 0. The highest BCUT2D eigenvalue weighted by atomic mass is 15.3. The normalized spacial score (nSPS) is 16.3. The predicted molar refractivity (Wildman–Crippen MR) is 83.5 cm³/mol. The van der Waals surface area contributed by atoms with E-state index in [-0.39, 0.29) is 0 Å². The van der Waals surface area contributed by atoms with Crippen LogP contribution >= 0.6 is 0 Å². The molecule has 112 valence electrons. The van der Waals surface area contributed by atoms with Crippen molar-refractivity contribution >= 4 is 17.8 Å². The van der Waals surface area contributed by atoms with E-state index in [1.807, 2.05) is 19.0 Å². The van der Waals surface area contributed by atoms with Gasteiger partial charge in [0.15, 0.2) is 0 Å². The van der Waals surface area contributed by atoms with Crippen molar-refractivity contribution in [3.05, 3.63) is 0 Å². The molecule has 0 unspecified atom stereocenters. The molecule has 6 heteroatoms. The second-order valence-corrected chi connectivity index (χ2v) is 5.75. The van der Waals surface area contributed by atoms with Crippen LogP contribution < -0.4 is 15.1 Å². The number of nitrogens with one attached hydrogen (secondary N) is 1. The highest BCUT2D eigenvalue weighted by Crippen LogP contribution is 2.22. The lowest BCUT2D eigenvalue weighted by Gasteiger charge is -2.30. The minimum Gasteiger partial charge on any atom is -0.354 e. The first kappa shape index (κ1) is 14.8. The zero-order valence-electron chi connectivity index (χ0n) is 13.1. The van der Waals surface area contributed by atoms with Crippen molar-refractivity contribution in [1.82, 2.24) is 15.0 Å². The minimum absolute atomic E-state index is 0.680. The molecule has 1 aliphatic heterocycles. The molecule has 0 saturated carbocycles. The molecule has 1 saturated heterocycles. The Labute approximate surface area is 121 Å². The van der Waals surface area contributed by atoms with E-state index in [0.717, 1.165) is 37.9 Å². The third-order valence-corrected chi connectivity index (χ3v) is 3.61. The van der Waals surface area contributed by atoms with Gasteiger partial charge in [0.25, 0.3) is 0 Å². The van der Waals surface area contributed by atoms with Crippen molar-refractivity contribution in [3.63, 3.8) is 0 Å². The zero-order valence-corrected chi connectivity index (χ0v) is 13.1. The lowest BCUT2D eigenvalue weighted by atomic mass is 10.00. The average molecular weight is 278 g/mol. The summed E-state index contributed by atoms with van der Waals surface area (Å²) in [6, 6.07) is 0. The standard InChI is InChI=1S/C14H26N6/c1-5-8-15-12-16-13(19(3)4)18-14(17-12)20-9-6-11(2)7-10-20/h11H,5-10H2,1-4H3,(H,15,16,17,18). The van der Waals surface area contributed by atoms with Crippen molar-refractivity contribution < 1.29 is 0 Å². The highest BCUT2D eigenvalue weighted by Gasteiger charge is 2.19. The maximum Gasteiger partial charge on any atom is 0.231 e. The Bertz CT molecular complexity index is 426. The first-order valence-electron chi connectivity index (χ1n) is 7.52. The van der Waals surface area contributed by atoms with Crippen LogP contribution in [-0.4, -0.2) is 48.7 Å². The number of piperidine rings is 1. The maximum atomic E-state index is 4.58. The van der Waals surface area contributed by atoms with Gasteiger partial charge in [-0.05, 0) is 25.2 Å². The predicted octanol–water partition coefficient (Wildman–Crippen LogP) is 2.00. The van der Waals surface area contributed by atoms with Crippen LogP contribution in [0.2, 0.25) is 0 Å². The van der Waals surface area contributed by atoms with Gasteiger partial charge in [0.1, 0.15) is 0 Å². The molecule has 0 aliphatic carbocycles. The fraction of sp³-hybridized carbons (Fsp3) is 0.786. The van der Waals surface area contributed by atoms with E-state index in [1.165, 1.54) is 12.8 Å². The highest BCUT2D eigenvalue weighted by molar-refractivity contribution is 5.44. The van der Waals surface area contributed by atoms with Gasteiger partial charge in [0.05, 0.1) is 0 Å². The SMILES string of the molecule is CCCNc1nc(N(C)C)nc(N2CCC(C)CC2)n1. The van der Waals surface area contributed by atoms with Crippen LogP contribution in [0.3, 0.4) is 0 Å². The number of hydrogen-bond acceptors (Lipinski definition) is 6. The van der Waals surface area contributed by atoms with E-state index in [9.17, 15) is 0 Å². The van der Waals surface area contributed by atoms with Crippen LogP contribution in [0.5, 0.6) is 0 Å². The maximum absolute atomic E-state index is 4.58. The summed E-state index contributed by atoms with van der Waals surface area (Å²) in [6.45, 7) is 7.39. The van der Waals surface area contributed by atoms with E-state index in [0.29, 0.717) is 11.9 Å². The molecule has 0 aromatic carbocycles. The van der Waals surface area contributed by atoms with Gasteiger partial charge in [-0.3, -0.25) is 0 Å². The van der Waals surface area contributed by atoms with Crippen molar-refractivity contribution in [3.8, 4) is 0 Å². The summed E-state index contributed by atoms with van der Waals surface area (Å²) in [6.07, 6.45) is 3.47. The van der Waals surface area contributed by atoms with Gasteiger partial charge in [-0.1, -0.05) is 13.8 Å². The topological polar surface area (TPSA) is 57.2 Å². The molecule has 2 heterocycles. The number of rotatable bonds is 5. The van der Waals surface area contributed by atoms with Crippen LogP contribution in [0, 0.1) is 5.92 Å². The smallest absolute Gasteiger partial charge is 0.231 e. The molecular formula is C14H26N6. The van der Waals surface area contributed by atoms with Gasteiger partial charge in [-0.15, -0.1) is 0 Å². The van der Waals surface area contributed by atoms with Crippen LogP contribution in [0.4, 0.5) is 17.8 Å². The zero-order chi connectivity index (χ0) is 14.5. The molecule has 1 N–H and O–H groups in total. The Morgan fingerprint density at radius 3 is 2.50 bits per heavy atom. The second kappa shape index (κ2) is 6.72. The molecule has 0 spiro atoms. The van der Waals surface area contributed by atoms with E-state index >= 15 is 0 Å². The number of aromatic nitrogens is 3. The fourth-order valence-electron chi connectivity index (χ4n) is 2.22. The van der Waals surface area contributed by atoms with Crippen LogP contribution in [-0.2, 0) is 0 Å². The monoisotopic (exact) mass is 278 g/mol. The van der Waals surface area contributed by atoms with Crippen molar-refractivity contribution in [1.29, 1.82) is 0 Å². The lowest BCUT2D eigenvalue weighted by molar-refractivity contribution is 0.434. The quantitative estimate of drug-likeness (QED) is 0.889. The molecular weight excluding hydrogens is 252 g/mol. The van der Waals surface area contributed by atoms with Gasteiger partial charge in [-0.25, -0.2) is 0 Å². The molecule has 6 nitrogen and oxygen atoms in total. The Morgan fingerprint density at radius 2 is 1.90 bits per heavy atom. The summed E-state index contributed by atoms with van der Waals surface area (Å²) in [5.41, 5.74) is 0. The van der Waals surface area contributed by atoms with Crippen molar-refractivity contribution in [2.45, 2.75) is 33.1 Å². The third kappa shape index (κ3) is 3.71. The van der Waals surface area contributed by atoms with Crippen LogP contribution in [0.1, 0.15) is 33.1 Å². The average Bonchev–Trinajstić information content (AvgIpc) is 2.45. The van der Waals surface area contributed by atoms with Gasteiger partial charge in [-0.2, -0.15) is 15.0 Å². The van der Waals surface area contributed by atoms with Gasteiger partial charge in [0, 0.05) is 33.7 Å². The summed E-state index contributed by atoms with van der Waals surface area (Å²) in [4.78, 5) is 17.8. The van der Waals surface area contributed by atoms with Crippen LogP contribution in [0.15, 0.2) is 0 Å². The largest absolute Gasteiger partial charge is 0.354 e. The summed E-state index contributed by atoms with van der Waals surface area (Å²) in [5.74, 6) is 3.00. The van der Waals surface area contributed by atoms with E-state index in [4.69, 9.17) is 0 Å².